The van der Waals surface area contributed by atoms with E-state index in [0.29, 0.717) is 30.6 Å². The molecule has 0 saturated heterocycles. The SMILES string of the molecule is CCCNC(=O)c1cc(C(=O)NCCc2ccccc2F)ccn1. The topological polar surface area (TPSA) is 71.1 Å². The van der Waals surface area contributed by atoms with Crippen LogP contribution in [0.2, 0.25) is 0 Å². The molecule has 0 spiro atoms. The second kappa shape index (κ2) is 8.76. The largest absolute Gasteiger partial charge is 0.352 e. The molecule has 6 heteroatoms. The zero-order valence-electron chi connectivity index (χ0n) is 13.5. The van der Waals surface area contributed by atoms with E-state index >= 15 is 0 Å². The Hall–Kier alpha value is -2.76. The van der Waals surface area contributed by atoms with Gasteiger partial charge in [0.2, 0.25) is 0 Å². The second-order valence-corrected chi connectivity index (χ2v) is 5.28. The third-order valence-electron chi connectivity index (χ3n) is 3.43. The van der Waals surface area contributed by atoms with Crippen molar-refractivity contribution in [2.45, 2.75) is 19.8 Å². The number of hydrogen-bond acceptors (Lipinski definition) is 3. The minimum atomic E-state index is -0.321. The summed E-state index contributed by atoms with van der Waals surface area (Å²) in [6, 6.07) is 9.44. The van der Waals surface area contributed by atoms with E-state index in [0.717, 1.165) is 6.42 Å². The summed E-state index contributed by atoms with van der Waals surface area (Å²) in [5.74, 6) is -0.915. The molecule has 0 fully saturated rings. The lowest BCUT2D eigenvalue weighted by atomic mass is 10.1. The molecule has 0 bridgehead atoms. The van der Waals surface area contributed by atoms with Crippen LogP contribution in [0.5, 0.6) is 0 Å². The lowest BCUT2D eigenvalue weighted by Gasteiger charge is -2.07. The highest BCUT2D eigenvalue weighted by Crippen LogP contribution is 2.07. The van der Waals surface area contributed by atoms with E-state index in [2.05, 4.69) is 15.6 Å². The van der Waals surface area contributed by atoms with Gasteiger partial charge in [0.25, 0.3) is 11.8 Å². The molecule has 2 aromatic rings. The molecule has 0 unspecified atom stereocenters. The van der Waals surface area contributed by atoms with Crippen LogP contribution in [-0.2, 0) is 6.42 Å². The normalized spacial score (nSPS) is 10.2. The van der Waals surface area contributed by atoms with Crippen LogP contribution in [0.15, 0.2) is 42.6 Å². The molecule has 0 aliphatic carbocycles. The van der Waals surface area contributed by atoms with Crippen LogP contribution in [-0.4, -0.2) is 29.9 Å². The molecule has 0 radical (unpaired) electrons. The summed E-state index contributed by atoms with van der Waals surface area (Å²) >= 11 is 0. The monoisotopic (exact) mass is 329 g/mol. The van der Waals surface area contributed by atoms with Crippen molar-refractivity contribution in [2.24, 2.45) is 0 Å². The van der Waals surface area contributed by atoms with Crippen molar-refractivity contribution in [3.63, 3.8) is 0 Å². The van der Waals surface area contributed by atoms with Gasteiger partial charge < -0.3 is 10.6 Å². The maximum Gasteiger partial charge on any atom is 0.269 e. The fourth-order valence-corrected chi connectivity index (χ4v) is 2.14. The van der Waals surface area contributed by atoms with Crippen LogP contribution < -0.4 is 10.6 Å². The Labute approximate surface area is 140 Å². The molecule has 2 rings (SSSR count). The lowest BCUT2D eigenvalue weighted by Crippen LogP contribution is -2.28. The Bertz CT molecular complexity index is 719. The highest BCUT2D eigenvalue weighted by atomic mass is 19.1. The van der Waals surface area contributed by atoms with Gasteiger partial charge in [0.05, 0.1) is 0 Å². The van der Waals surface area contributed by atoms with Crippen LogP contribution in [0, 0.1) is 5.82 Å². The summed E-state index contributed by atoms with van der Waals surface area (Å²) in [6.07, 6.45) is 2.64. The first-order chi connectivity index (χ1) is 11.6. The van der Waals surface area contributed by atoms with Gasteiger partial charge in [0.1, 0.15) is 11.5 Å². The number of benzene rings is 1. The first-order valence-corrected chi connectivity index (χ1v) is 7.87. The average Bonchev–Trinajstić information content (AvgIpc) is 2.61. The van der Waals surface area contributed by atoms with Crippen molar-refractivity contribution in [2.75, 3.05) is 13.1 Å². The molecular formula is C18H20FN3O2. The maximum absolute atomic E-state index is 13.5. The zero-order valence-corrected chi connectivity index (χ0v) is 13.5. The molecule has 1 heterocycles. The van der Waals surface area contributed by atoms with Crippen molar-refractivity contribution in [1.29, 1.82) is 0 Å². The minimum absolute atomic E-state index is 0.199. The molecule has 0 saturated carbocycles. The lowest BCUT2D eigenvalue weighted by molar-refractivity contribution is 0.0948. The molecule has 1 aromatic heterocycles. The number of pyridine rings is 1. The number of carbonyl (C=O) groups is 2. The Morgan fingerprint density at radius 3 is 2.58 bits per heavy atom. The van der Waals surface area contributed by atoms with Crippen LogP contribution in [0.3, 0.4) is 0 Å². The molecule has 24 heavy (non-hydrogen) atoms. The summed E-state index contributed by atoms with van der Waals surface area (Å²) in [5, 5.41) is 5.43. The predicted octanol–water partition coefficient (Wildman–Crippen LogP) is 2.33. The number of amides is 2. The summed E-state index contributed by atoms with van der Waals surface area (Å²) < 4.78 is 13.5. The zero-order chi connectivity index (χ0) is 17.4. The number of rotatable bonds is 7. The van der Waals surface area contributed by atoms with Gasteiger partial charge in [0.15, 0.2) is 0 Å². The Morgan fingerprint density at radius 2 is 1.83 bits per heavy atom. The summed E-state index contributed by atoms with van der Waals surface area (Å²) in [6.45, 7) is 2.81. The molecule has 126 valence electrons. The minimum Gasteiger partial charge on any atom is -0.352 e. The van der Waals surface area contributed by atoms with Gasteiger partial charge in [-0.05, 0) is 36.6 Å². The maximum atomic E-state index is 13.5. The fraction of sp³-hybridized carbons (Fsp3) is 0.278. The third-order valence-corrected chi connectivity index (χ3v) is 3.43. The number of nitrogens with zero attached hydrogens (tertiary/aromatic N) is 1. The predicted molar refractivity (Wildman–Crippen MR) is 89.3 cm³/mol. The van der Waals surface area contributed by atoms with Gasteiger partial charge in [-0.1, -0.05) is 25.1 Å². The molecule has 2 amide bonds. The van der Waals surface area contributed by atoms with E-state index in [-0.39, 0.29) is 23.3 Å². The van der Waals surface area contributed by atoms with Crippen molar-refractivity contribution in [3.8, 4) is 0 Å². The van der Waals surface area contributed by atoms with Crippen molar-refractivity contribution in [3.05, 3.63) is 65.2 Å². The van der Waals surface area contributed by atoms with E-state index in [9.17, 15) is 14.0 Å². The van der Waals surface area contributed by atoms with E-state index in [4.69, 9.17) is 0 Å². The first-order valence-electron chi connectivity index (χ1n) is 7.87. The molecule has 5 nitrogen and oxygen atoms in total. The number of halogens is 1. The molecule has 2 N–H and O–H groups in total. The fourth-order valence-electron chi connectivity index (χ4n) is 2.14. The van der Waals surface area contributed by atoms with E-state index in [1.165, 1.54) is 24.4 Å². The molecule has 1 aromatic carbocycles. The first kappa shape index (κ1) is 17.6. The third kappa shape index (κ3) is 4.87. The van der Waals surface area contributed by atoms with Crippen molar-refractivity contribution in [1.82, 2.24) is 15.6 Å². The number of nitrogens with one attached hydrogen (secondary N) is 2. The highest BCUT2D eigenvalue weighted by molar-refractivity contribution is 5.98. The number of hydrogen-bond donors (Lipinski definition) is 2. The van der Waals surface area contributed by atoms with E-state index < -0.39 is 0 Å². The second-order valence-electron chi connectivity index (χ2n) is 5.28. The quantitative estimate of drug-likeness (QED) is 0.819. The molecule has 0 aliphatic rings. The molecular weight excluding hydrogens is 309 g/mol. The standard InChI is InChI=1S/C18H20FN3O2/c1-2-9-21-18(24)16-12-14(8-10-20-16)17(23)22-11-7-13-5-3-4-6-15(13)19/h3-6,8,10,12H,2,7,9,11H2,1H3,(H,21,24)(H,22,23). The van der Waals surface area contributed by atoms with Gasteiger partial charge >= 0.3 is 0 Å². The number of aromatic nitrogens is 1. The van der Waals surface area contributed by atoms with Crippen molar-refractivity contribution < 1.29 is 14.0 Å². The van der Waals surface area contributed by atoms with Crippen LogP contribution >= 0.6 is 0 Å². The average molecular weight is 329 g/mol. The molecule has 0 atom stereocenters. The van der Waals surface area contributed by atoms with Crippen LogP contribution in [0.4, 0.5) is 4.39 Å². The summed E-state index contributed by atoms with van der Waals surface area (Å²) in [7, 11) is 0. The Kier molecular flexibility index (Phi) is 6.42. The van der Waals surface area contributed by atoms with Crippen molar-refractivity contribution >= 4 is 11.8 Å². The molecule has 0 aliphatic heterocycles. The van der Waals surface area contributed by atoms with Crippen LogP contribution in [0.1, 0.15) is 39.8 Å². The summed E-state index contributed by atoms with van der Waals surface area (Å²) in [5.41, 5.74) is 1.09. The summed E-state index contributed by atoms with van der Waals surface area (Å²) in [4.78, 5) is 28.0. The smallest absolute Gasteiger partial charge is 0.269 e. The van der Waals surface area contributed by atoms with Gasteiger partial charge in [-0.25, -0.2) is 4.39 Å². The van der Waals surface area contributed by atoms with Gasteiger partial charge in [-0.15, -0.1) is 0 Å². The van der Waals surface area contributed by atoms with Crippen LogP contribution in [0.25, 0.3) is 0 Å². The van der Waals surface area contributed by atoms with Gasteiger partial charge in [0, 0.05) is 24.8 Å². The Balaban J connectivity index is 1.92. The highest BCUT2D eigenvalue weighted by Gasteiger charge is 2.11. The van der Waals surface area contributed by atoms with E-state index in [1.807, 2.05) is 6.92 Å². The van der Waals surface area contributed by atoms with Gasteiger partial charge in [-0.3, -0.25) is 14.6 Å². The van der Waals surface area contributed by atoms with Gasteiger partial charge in [-0.2, -0.15) is 0 Å². The number of carbonyl (C=O) groups excluding carboxylic acids is 2. The Morgan fingerprint density at radius 1 is 1.08 bits per heavy atom. The van der Waals surface area contributed by atoms with E-state index in [1.54, 1.807) is 18.2 Å².